The molecule has 6 heteroatoms. The van der Waals surface area contributed by atoms with Crippen molar-refractivity contribution in [2.45, 2.75) is 19.4 Å². The molecule has 104 valence electrons. The monoisotopic (exact) mass is 267 g/mol. The molecule has 0 atom stereocenters. The fraction of sp³-hybridized carbons (Fsp3) is 0.462. The van der Waals surface area contributed by atoms with Gasteiger partial charge in [-0.25, -0.2) is 9.59 Å². The molecule has 1 aromatic rings. The molecule has 0 saturated carbocycles. The maximum Gasteiger partial charge on any atom is 0.356 e. The predicted molar refractivity (Wildman–Crippen MR) is 66.2 cm³/mol. The second kappa shape index (κ2) is 6.84. The molecule has 0 unspecified atom stereocenters. The van der Waals surface area contributed by atoms with Crippen molar-refractivity contribution < 1.29 is 23.8 Å². The fourth-order valence-electron chi connectivity index (χ4n) is 1.60. The molecule has 0 N–H and O–H groups in total. The van der Waals surface area contributed by atoms with Crippen molar-refractivity contribution in [3.8, 4) is 0 Å². The van der Waals surface area contributed by atoms with Crippen molar-refractivity contribution in [1.82, 2.24) is 4.98 Å². The van der Waals surface area contributed by atoms with Crippen LogP contribution in [0.2, 0.25) is 0 Å². The van der Waals surface area contributed by atoms with Crippen LogP contribution in [-0.4, -0.2) is 37.2 Å². The summed E-state index contributed by atoms with van der Waals surface area (Å²) in [6.45, 7) is 3.52. The molecule has 0 aromatic carbocycles. The zero-order chi connectivity index (χ0) is 14.3. The molecule has 0 bridgehead atoms. The van der Waals surface area contributed by atoms with Gasteiger partial charge in [0.15, 0.2) is 0 Å². The summed E-state index contributed by atoms with van der Waals surface area (Å²) in [6.07, 6.45) is 1.46. The Balaban J connectivity index is 3.29. The SMILES string of the molecule is CCOC(=O)C(OC)(C(=O)OCC)c1ccccn1. The summed E-state index contributed by atoms with van der Waals surface area (Å²) < 4.78 is 15.0. The average molecular weight is 267 g/mol. The van der Waals surface area contributed by atoms with E-state index in [9.17, 15) is 9.59 Å². The first-order valence-corrected chi connectivity index (χ1v) is 5.94. The van der Waals surface area contributed by atoms with Crippen LogP contribution in [0.5, 0.6) is 0 Å². The first-order valence-electron chi connectivity index (χ1n) is 5.94. The number of aromatic nitrogens is 1. The molecule has 0 aliphatic rings. The minimum absolute atomic E-state index is 0.121. The second-order valence-corrected chi connectivity index (χ2v) is 3.54. The molecule has 0 aliphatic heterocycles. The van der Waals surface area contributed by atoms with E-state index in [4.69, 9.17) is 14.2 Å². The van der Waals surface area contributed by atoms with Crippen LogP contribution in [0.25, 0.3) is 0 Å². The highest BCUT2D eigenvalue weighted by atomic mass is 16.6. The van der Waals surface area contributed by atoms with Crippen LogP contribution in [0, 0.1) is 0 Å². The lowest BCUT2D eigenvalue weighted by atomic mass is 9.99. The van der Waals surface area contributed by atoms with Gasteiger partial charge in [-0.2, -0.15) is 0 Å². The minimum Gasteiger partial charge on any atom is -0.463 e. The van der Waals surface area contributed by atoms with Crippen molar-refractivity contribution in [2.24, 2.45) is 0 Å². The topological polar surface area (TPSA) is 74.7 Å². The third kappa shape index (κ3) is 2.90. The number of hydrogen-bond acceptors (Lipinski definition) is 6. The number of nitrogens with zero attached hydrogens (tertiary/aromatic N) is 1. The average Bonchev–Trinajstić information content (AvgIpc) is 2.42. The van der Waals surface area contributed by atoms with Gasteiger partial charge in [-0.15, -0.1) is 0 Å². The lowest BCUT2D eigenvalue weighted by molar-refractivity contribution is -0.189. The van der Waals surface area contributed by atoms with Gasteiger partial charge in [0, 0.05) is 13.3 Å². The molecule has 0 fully saturated rings. The van der Waals surface area contributed by atoms with E-state index in [-0.39, 0.29) is 18.9 Å². The highest BCUT2D eigenvalue weighted by molar-refractivity contribution is 6.04. The third-order valence-electron chi connectivity index (χ3n) is 2.46. The summed E-state index contributed by atoms with van der Waals surface area (Å²) in [5.41, 5.74) is -1.85. The number of pyridine rings is 1. The molecular formula is C13H17NO5. The van der Waals surface area contributed by atoms with E-state index in [1.165, 1.54) is 19.4 Å². The Morgan fingerprint density at radius 1 is 1.16 bits per heavy atom. The fourth-order valence-corrected chi connectivity index (χ4v) is 1.60. The van der Waals surface area contributed by atoms with Crippen LogP contribution in [0.3, 0.4) is 0 Å². The Morgan fingerprint density at radius 2 is 1.74 bits per heavy atom. The van der Waals surface area contributed by atoms with Gasteiger partial charge >= 0.3 is 17.5 Å². The van der Waals surface area contributed by atoms with Crippen molar-refractivity contribution in [3.05, 3.63) is 30.1 Å². The molecule has 19 heavy (non-hydrogen) atoms. The van der Waals surface area contributed by atoms with Gasteiger partial charge in [0.1, 0.15) is 0 Å². The van der Waals surface area contributed by atoms with Crippen molar-refractivity contribution in [2.75, 3.05) is 20.3 Å². The van der Waals surface area contributed by atoms with E-state index in [1.54, 1.807) is 26.0 Å². The van der Waals surface area contributed by atoms with Crippen molar-refractivity contribution in [3.63, 3.8) is 0 Å². The van der Waals surface area contributed by atoms with Crippen LogP contribution < -0.4 is 0 Å². The molecule has 0 radical (unpaired) electrons. The van der Waals surface area contributed by atoms with Gasteiger partial charge in [-0.1, -0.05) is 6.07 Å². The minimum atomic E-state index is -1.98. The summed E-state index contributed by atoms with van der Waals surface area (Å²) >= 11 is 0. The van der Waals surface area contributed by atoms with Crippen molar-refractivity contribution in [1.29, 1.82) is 0 Å². The second-order valence-electron chi connectivity index (χ2n) is 3.54. The van der Waals surface area contributed by atoms with Crippen LogP contribution in [0.1, 0.15) is 19.5 Å². The van der Waals surface area contributed by atoms with Gasteiger partial charge in [-0.3, -0.25) is 4.98 Å². The number of carbonyl (C=O) groups excluding carboxylic acids is 2. The Hall–Kier alpha value is -1.95. The molecule has 0 aliphatic carbocycles. The number of hydrogen-bond donors (Lipinski definition) is 0. The van der Waals surface area contributed by atoms with Gasteiger partial charge in [0.05, 0.1) is 18.9 Å². The predicted octanol–water partition coefficient (Wildman–Crippen LogP) is 1.05. The van der Waals surface area contributed by atoms with Gasteiger partial charge in [-0.05, 0) is 26.0 Å². The molecule has 0 amide bonds. The Kier molecular flexibility index (Phi) is 5.44. The molecule has 1 rings (SSSR count). The Labute approximate surface area is 111 Å². The third-order valence-corrected chi connectivity index (χ3v) is 2.46. The largest absolute Gasteiger partial charge is 0.463 e. The van der Waals surface area contributed by atoms with E-state index < -0.39 is 17.5 Å². The van der Waals surface area contributed by atoms with E-state index in [0.717, 1.165) is 0 Å². The first kappa shape index (κ1) is 15.1. The van der Waals surface area contributed by atoms with Crippen LogP contribution >= 0.6 is 0 Å². The quantitative estimate of drug-likeness (QED) is 0.566. The van der Waals surface area contributed by atoms with Crippen molar-refractivity contribution >= 4 is 11.9 Å². The summed E-state index contributed by atoms with van der Waals surface area (Å²) in [5.74, 6) is -1.68. The van der Waals surface area contributed by atoms with Gasteiger partial charge < -0.3 is 14.2 Å². The summed E-state index contributed by atoms with van der Waals surface area (Å²) in [7, 11) is 1.24. The highest BCUT2D eigenvalue weighted by Gasteiger charge is 2.52. The number of rotatable bonds is 6. The summed E-state index contributed by atoms with van der Waals surface area (Å²) in [6, 6.07) is 4.83. The van der Waals surface area contributed by atoms with Gasteiger partial charge in [0.25, 0.3) is 0 Å². The molecule has 1 heterocycles. The first-order chi connectivity index (χ1) is 9.13. The Morgan fingerprint density at radius 3 is 2.11 bits per heavy atom. The smallest absolute Gasteiger partial charge is 0.356 e. The van der Waals surface area contributed by atoms with E-state index >= 15 is 0 Å². The normalized spacial score (nSPS) is 10.9. The standard InChI is InChI=1S/C13H17NO5/c1-4-18-11(15)13(17-3,12(16)19-5-2)10-8-6-7-9-14-10/h6-9H,4-5H2,1-3H3. The maximum atomic E-state index is 12.1. The van der Waals surface area contributed by atoms with Crippen LogP contribution in [0.4, 0.5) is 0 Å². The summed E-state index contributed by atoms with van der Waals surface area (Å²) in [5, 5.41) is 0. The molecule has 1 aromatic heterocycles. The Bertz CT molecular complexity index is 414. The lowest BCUT2D eigenvalue weighted by Crippen LogP contribution is -2.48. The number of ether oxygens (including phenoxy) is 3. The molecule has 6 nitrogen and oxygen atoms in total. The maximum absolute atomic E-state index is 12.1. The highest BCUT2D eigenvalue weighted by Crippen LogP contribution is 2.27. The van der Waals surface area contributed by atoms with E-state index in [0.29, 0.717) is 0 Å². The number of methoxy groups -OCH3 is 1. The van der Waals surface area contributed by atoms with Crippen LogP contribution in [-0.2, 0) is 29.4 Å². The zero-order valence-electron chi connectivity index (χ0n) is 11.2. The molecule has 0 saturated heterocycles. The van der Waals surface area contributed by atoms with Crippen LogP contribution in [0.15, 0.2) is 24.4 Å². The van der Waals surface area contributed by atoms with Gasteiger partial charge in [0.2, 0.25) is 0 Å². The van der Waals surface area contributed by atoms with E-state index in [1.807, 2.05) is 0 Å². The molecule has 0 spiro atoms. The number of carbonyl (C=O) groups is 2. The zero-order valence-corrected chi connectivity index (χ0v) is 11.2. The lowest BCUT2D eigenvalue weighted by Gasteiger charge is -2.26. The summed E-state index contributed by atoms with van der Waals surface area (Å²) in [4.78, 5) is 28.3. The number of esters is 2. The van der Waals surface area contributed by atoms with E-state index in [2.05, 4.69) is 4.98 Å². The molecular weight excluding hydrogens is 250 g/mol.